The SMILES string of the molecule is OCCOc1ccc(N(c2ccc(OCCO)cc2)c2ccc3ccc4cccc5ccc2c3c45)cc1. The van der Waals surface area contributed by atoms with Crippen LogP contribution in [0, 0.1) is 0 Å². The first-order valence-electron chi connectivity index (χ1n) is 12.4. The minimum Gasteiger partial charge on any atom is -0.491 e. The van der Waals surface area contributed by atoms with Gasteiger partial charge in [-0.05, 0) is 81.5 Å². The van der Waals surface area contributed by atoms with Gasteiger partial charge in [-0.2, -0.15) is 0 Å². The molecular formula is C32H27NO4. The molecule has 0 unspecified atom stereocenters. The van der Waals surface area contributed by atoms with Gasteiger partial charge in [-0.3, -0.25) is 0 Å². The van der Waals surface area contributed by atoms with Crippen molar-refractivity contribution in [2.45, 2.75) is 0 Å². The maximum atomic E-state index is 9.10. The first kappa shape index (κ1) is 23.1. The molecule has 0 aliphatic carbocycles. The van der Waals surface area contributed by atoms with E-state index in [9.17, 15) is 0 Å². The zero-order valence-electron chi connectivity index (χ0n) is 20.3. The molecule has 0 spiro atoms. The number of rotatable bonds is 9. The molecule has 37 heavy (non-hydrogen) atoms. The van der Waals surface area contributed by atoms with Gasteiger partial charge in [-0.15, -0.1) is 0 Å². The van der Waals surface area contributed by atoms with E-state index in [1.807, 2.05) is 48.5 Å². The summed E-state index contributed by atoms with van der Waals surface area (Å²) in [7, 11) is 0. The maximum Gasteiger partial charge on any atom is 0.119 e. The van der Waals surface area contributed by atoms with Crippen molar-refractivity contribution < 1.29 is 19.7 Å². The van der Waals surface area contributed by atoms with Crippen LogP contribution < -0.4 is 14.4 Å². The Balaban J connectivity index is 1.53. The molecule has 0 atom stereocenters. The van der Waals surface area contributed by atoms with E-state index in [0.717, 1.165) is 17.1 Å². The first-order chi connectivity index (χ1) is 18.3. The summed E-state index contributed by atoms with van der Waals surface area (Å²) in [4.78, 5) is 2.23. The Kier molecular flexibility index (Phi) is 6.23. The molecule has 0 radical (unpaired) electrons. The molecule has 0 heterocycles. The summed E-state index contributed by atoms with van der Waals surface area (Å²) in [6.07, 6.45) is 0. The fraction of sp³-hybridized carbons (Fsp3) is 0.125. The predicted molar refractivity (Wildman–Crippen MR) is 150 cm³/mol. The number of ether oxygens (including phenoxy) is 2. The van der Waals surface area contributed by atoms with Crippen LogP contribution in [-0.4, -0.2) is 36.6 Å². The molecule has 184 valence electrons. The lowest BCUT2D eigenvalue weighted by molar-refractivity contribution is 0.201. The van der Waals surface area contributed by atoms with Gasteiger partial charge in [0.1, 0.15) is 24.7 Å². The van der Waals surface area contributed by atoms with E-state index in [2.05, 4.69) is 59.5 Å². The second-order valence-electron chi connectivity index (χ2n) is 8.91. The highest BCUT2D eigenvalue weighted by molar-refractivity contribution is 6.25. The molecule has 5 heteroatoms. The zero-order valence-corrected chi connectivity index (χ0v) is 20.3. The molecule has 0 aliphatic rings. The van der Waals surface area contributed by atoms with E-state index >= 15 is 0 Å². The molecule has 0 aliphatic heterocycles. The van der Waals surface area contributed by atoms with Crippen molar-refractivity contribution in [1.29, 1.82) is 0 Å². The molecule has 0 amide bonds. The Morgan fingerprint density at radius 3 is 1.54 bits per heavy atom. The summed E-state index contributed by atoms with van der Waals surface area (Å²) in [5, 5.41) is 25.6. The third kappa shape index (κ3) is 4.29. The van der Waals surface area contributed by atoms with Crippen LogP contribution in [0.25, 0.3) is 32.3 Å². The lowest BCUT2D eigenvalue weighted by Crippen LogP contribution is -2.11. The first-order valence-corrected chi connectivity index (χ1v) is 12.4. The molecule has 0 aromatic heterocycles. The molecule has 6 aromatic carbocycles. The van der Waals surface area contributed by atoms with Gasteiger partial charge in [0.05, 0.1) is 18.9 Å². The summed E-state index contributed by atoms with van der Waals surface area (Å²) in [5.74, 6) is 1.42. The van der Waals surface area contributed by atoms with Crippen molar-refractivity contribution in [1.82, 2.24) is 0 Å². The van der Waals surface area contributed by atoms with Crippen molar-refractivity contribution >= 4 is 49.4 Å². The van der Waals surface area contributed by atoms with Gasteiger partial charge in [0, 0.05) is 16.8 Å². The third-order valence-corrected chi connectivity index (χ3v) is 6.66. The summed E-state index contributed by atoms with van der Waals surface area (Å²) >= 11 is 0. The van der Waals surface area contributed by atoms with Crippen LogP contribution in [0.4, 0.5) is 17.1 Å². The number of nitrogens with zero attached hydrogens (tertiary/aromatic N) is 1. The summed E-state index contributed by atoms with van der Waals surface area (Å²) in [5.41, 5.74) is 3.03. The Morgan fingerprint density at radius 2 is 1.00 bits per heavy atom. The van der Waals surface area contributed by atoms with Gasteiger partial charge in [-0.25, -0.2) is 0 Å². The molecule has 2 N–H and O–H groups in total. The summed E-state index contributed by atoms with van der Waals surface area (Å²) < 4.78 is 11.2. The van der Waals surface area contributed by atoms with E-state index < -0.39 is 0 Å². The van der Waals surface area contributed by atoms with Gasteiger partial charge < -0.3 is 24.6 Å². The minimum atomic E-state index is -0.0265. The minimum absolute atomic E-state index is 0.0265. The van der Waals surface area contributed by atoms with Crippen LogP contribution in [0.3, 0.4) is 0 Å². The number of aliphatic hydroxyl groups is 2. The van der Waals surface area contributed by atoms with Gasteiger partial charge in [-0.1, -0.05) is 48.5 Å². The highest BCUT2D eigenvalue weighted by atomic mass is 16.5. The fourth-order valence-electron chi connectivity index (χ4n) is 5.05. The van der Waals surface area contributed by atoms with Crippen LogP contribution in [-0.2, 0) is 0 Å². The van der Waals surface area contributed by atoms with E-state index in [4.69, 9.17) is 19.7 Å². The largest absolute Gasteiger partial charge is 0.491 e. The average Bonchev–Trinajstić information content (AvgIpc) is 2.96. The Labute approximate surface area is 215 Å². The topological polar surface area (TPSA) is 62.2 Å². The third-order valence-electron chi connectivity index (χ3n) is 6.66. The molecule has 0 saturated carbocycles. The van der Waals surface area contributed by atoms with E-state index in [0.29, 0.717) is 11.5 Å². The lowest BCUT2D eigenvalue weighted by atomic mass is 9.93. The van der Waals surface area contributed by atoms with Crippen LogP contribution in [0.15, 0.2) is 103 Å². The number of hydrogen-bond acceptors (Lipinski definition) is 5. The Hall–Kier alpha value is -4.32. The fourth-order valence-corrected chi connectivity index (χ4v) is 5.05. The number of benzene rings is 6. The van der Waals surface area contributed by atoms with Gasteiger partial charge in [0.15, 0.2) is 0 Å². The second kappa shape index (κ2) is 9.97. The van der Waals surface area contributed by atoms with Crippen molar-refractivity contribution in [2.24, 2.45) is 0 Å². The number of hydrogen-bond donors (Lipinski definition) is 2. The molecule has 0 fully saturated rings. The van der Waals surface area contributed by atoms with Crippen molar-refractivity contribution in [3.63, 3.8) is 0 Å². The van der Waals surface area contributed by atoms with Crippen molar-refractivity contribution in [3.8, 4) is 11.5 Å². The lowest BCUT2D eigenvalue weighted by Gasteiger charge is -2.28. The smallest absolute Gasteiger partial charge is 0.119 e. The van der Waals surface area contributed by atoms with E-state index in [-0.39, 0.29) is 26.4 Å². The van der Waals surface area contributed by atoms with Crippen LogP contribution in [0.1, 0.15) is 0 Å². The molecule has 5 nitrogen and oxygen atoms in total. The predicted octanol–water partition coefficient (Wildman–Crippen LogP) is 6.80. The zero-order chi connectivity index (χ0) is 25.2. The van der Waals surface area contributed by atoms with Gasteiger partial charge >= 0.3 is 0 Å². The highest BCUT2D eigenvalue weighted by Gasteiger charge is 2.18. The van der Waals surface area contributed by atoms with Crippen LogP contribution >= 0.6 is 0 Å². The summed E-state index contributed by atoms with van der Waals surface area (Å²) in [6, 6.07) is 35.4. The number of aliphatic hydroxyl groups excluding tert-OH is 2. The van der Waals surface area contributed by atoms with Crippen molar-refractivity contribution in [3.05, 3.63) is 103 Å². The Bertz CT molecular complexity index is 1580. The summed E-state index contributed by atoms with van der Waals surface area (Å²) in [6.45, 7) is 0.462. The van der Waals surface area contributed by atoms with E-state index in [1.165, 1.54) is 32.3 Å². The molecule has 6 aromatic rings. The van der Waals surface area contributed by atoms with Crippen LogP contribution in [0.5, 0.6) is 11.5 Å². The van der Waals surface area contributed by atoms with Gasteiger partial charge in [0.25, 0.3) is 0 Å². The van der Waals surface area contributed by atoms with Crippen LogP contribution in [0.2, 0.25) is 0 Å². The highest BCUT2D eigenvalue weighted by Crippen LogP contribution is 2.44. The second-order valence-corrected chi connectivity index (χ2v) is 8.91. The molecule has 0 saturated heterocycles. The standard InChI is InChI=1S/C32H27NO4/c34-18-20-36-27-12-8-25(9-13-27)33(26-10-14-28(15-11-26)37-21-19-35)30-17-7-24-5-4-22-2-1-3-23-6-16-29(30)32(24)31(22)23/h1-17,34-35H,18-21H2. The quantitative estimate of drug-likeness (QED) is 0.219. The van der Waals surface area contributed by atoms with Crippen molar-refractivity contribution in [2.75, 3.05) is 31.3 Å². The molecule has 0 bridgehead atoms. The van der Waals surface area contributed by atoms with E-state index in [1.54, 1.807) is 0 Å². The Morgan fingerprint density at radius 1 is 0.514 bits per heavy atom. The normalized spacial score (nSPS) is 11.4. The number of anilines is 3. The molecule has 6 rings (SSSR count). The molecular weight excluding hydrogens is 462 g/mol. The maximum absolute atomic E-state index is 9.10. The monoisotopic (exact) mass is 489 g/mol. The van der Waals surface area contributed by atoms with Gasteiger partial charge in [0.2, 0.25) is 0 Å². The average molecular weight is 490 g/mol.